The van der Waals surface area contributed by atoms with Gasteiger partial charge in [0.15, 0.2) is 0 Å². The number of rotatable bonds is 14. The van der Waals surface area contributed by atoms with Crippen molar-refractivity contribution in [2.75, 3.05) is 25.0 Å². The number of pyridine rings is 1. The molecule has 1 heterocycles. The van der Waals surface area contributed by atoms with Crippen LogP contribution in [-0.4, -0.2) is 60.0 Å². The largest absolute Gasteiger partial charge is 0.491 e. The van der Waals surface area contributed by atoms with E-state index in [9.17, 15) is 32.3 Å². The van der Waals surface area contributed by atoms with Gasteiger partial charge in [-0.1, -0.05) is 65.8 Å². The van der Waals surface area contributed by atoms with Crippen molar-refractivity contribution < 1.29 is 41.9 Å². The van der Waals surface area contributed by atoms with Crippen LogP contribution in [0, 0.1) is 0 Å². The van der Waals surface area contributed by atoms with Gasteiger partial charge in [0.2, 0.25) is 5.91 Å². The minimum Gasteiger partial charge on any atom is -0.386 e. The van der Waals surface area contributed by atoms with Crippen LogP contribution in [0.15, 0.2) is 84.1 Å². The van der Waals surface area contributed by atoms with Gasteiger partial charge in [-0.15, -0.1) is 0 Å². The average molecular weight is 586 g/mol. The van der Waals surface area contributed by atoms with E-state index in [4.69, 9.17) is 4.84 Å². The lowest BCUT2D eigenvalue weighted by Gasteiger charge is -2.21. The van der Waals surface area contributed by atoms with Gasteiger partial charge in [-0.05, 0) is 35.2 Å². The quantitative estimate of drug-likeness (QED) is 0.0720. The highest BCUT2D eigenvalue weighted by atomic mass is 19.4. The summed E-state index contributed by atoms with van der Waals surface area (Å²) in [5.41, 5.74) is 2.03. The predicted molar refractivity (Wildman–Crippen MR) is 143 cm³/mol. The molecule has 14 heteroatoms. The number of amides is 1. The second kappa shape index (κ2) is 15.6. The maximum atomic E-state index is 12.8. The molecule has 0 fully saturated rings. The molecule has 3 aromatic rings. The number of alkyl halides is 3. The van der Waals surface area contributed by atoms with Gasteiger partial charge in [-0.3, -0.25) is 14.4 Å². The van der Waals surface area contributed by atoms with E-state index in [0.717, 1.165) is 11.1 Å². The SMILES string of the molecule is O=C=NN(CC(=O)NC(CC(=O)OC(=O)C(F)(F)F)c1ccc(-c2ccccc2)cc1)OCCCNc1ccccn1. The number of halogens is 3. The van der Waals surface area contributed by atoms with Crippen LogP contribution in [0.2, 0.25) is 0 Å². The smallest absolute Gasteiger partial charge is 0.386 e. The topological polar surface area (TPSA) is 139 Å². The summed E-state index contributed by atoms with van der Waals surface area (Å²) in [6, 6.07) is 19.9. The molecule has 11 nitrogen and oxygen atoms in total. The van der Waals surface area contributed by atoms with Crippen molar-refractivity contribution in [2.24, 2.45) is 5.10 Å². The van der Waals surface area contributed by atoms with E-state index in [0.29, 0.717) is 29.5 Å². The number of carbonyl (C=O) groups excluding carboxylic acids is 4. The zero-order valence-corrected chi connectivity index (χ0v) is 22.0. The molecule has 2 N–H and O–H groups in total. The van der Waals surface area contributed by atoms with Crippen molar-refractivity contribution in [1.82, 2.24) is 15.5 Å². The second-order valence-corrected chi connectivity index (χ2v) is 8.60. The molecular formula is C28H26F3N5O6. The first-order valence-electron chi connectivity index (χ1n) is 12.6. The normalized spacial score (nSPS) is 11.5. The molecule has 0 spiro atoms. The van der Waals surface area contributed by atoms with Gasteiger partial charge >= 0.3 is 18.1 Å². The Kier molecular flexibility index (Phi) is 11.7. The third kappa shape index (κ3) is 10.5. The summed E-state index contributed by atoms with van der Waals surface area (Å²) in [5, 5.41) is 9.55. The monoisotopic (exact) mass is 585 g/mol. The third-order valence-corrected chi connectivity index (χ3v) is 5.53. The third-order valence-electron chi connectivity index (χ3n) is 5.53. The van der Waals surface area contributed by atoms with Crippen molar-refractivity contribution in [1.29, 1.82) is 0 Å². The highest BCUT2D eigenvalue weighted by Crippen LogP contribution is 2.25. The number of benzene rings is 2. The number of hydrogen-bond acceptors (Lipinski definition) is 10. The molecule has 0 saturated heterocycles. The van der Waals surface area contributed by atoms with Crippen LogP contribution < -0.4 is 10.6 Å². The molecule has 0 aliphatic carbocycles. The van der Waals surface area contributed by atoms with Crippen LogP contribution in [0.25, 0.3) is 11.1 Å². The van der Waals surface area contributed by atoms with Crippen LogP contribution in [0.5, 0.6) is 0 Å². The highest BCUT2D eigenvalue weighted by Gasteiger charge is 2.42. The van der Waals surface area contributed by atoms with E-state index in [1.807, 2.05) is 36.4 Å². The second-order valence-electron chi connectivity index (χ2n) is 8.60. The van der Waals surface area contributed by atoms with Crippen molar-refractivity contribution in [2.45, 2.75) is 25.1 Å². The molecule has 0 bridgehead atoms. The molecule has 1 aromatic heterocycles. The number of aromatic nitrogens is 1. The lowest BCUT2D eigenvalue weighted by molar-refractivity contribution is -0.202. The fraction of sp³-hybridized carbons (Fsp3) is 0.250. The zero-order chi connectivity index (χ0) is 30.4. The first-order valence-corrected chi connectivity index (χ1v) is 12.6. The molecule has 2 aromatic carbocycles. The van der Waals surface area contributed by atoms with Crippen LogP contribution >= 0.6 is 0 Å². The van der Waals surface area contributed by atoms with E-state index in [1.165, 1.54) is 6.08 Å². The maximum Gasteiger partial charge on any atom is 0.491 e. The predicted octanol–water partition coefficient (Wildman–Crippen LogP) is 3.91. The molecule has 3 rings (SSSR count). The Morgan fingerprint density at radius 2 is 1.67 bits per heavy atom. The van der Waals surface area contributed by atoms with Crippen LogP contribution in [0.4, 0.5) is 19.0 Å². The van der Waals surface area contributed by atoms with Gasteiger partial charge in [0.25, 0.3) is 6.08 Å². The van der Waals surface area contributed by atoms with E-state index in [-0.39, 0.29) is 6.61 Å². The van der Waals surface area contributed by atoms with Crippen LogP contribution in [0.3, 0.4) is 0 Å². The summed E-state index contributed by atoms with van der Waals surface area (Å²) >= 11 is 0. The Balaban J connectivity index is 1.64. The van der Waals surface area contributed by atoms with Crippen LogP contribution in [0.1, 0.15) is 24.4 Å². The van der Waals surface area contributed by atoms with E-state index in [1.54, 1.807) is 42.6 Å². The fourth-order valence-electron chi connectivity index (χ4n) is 3.60. The number of nitrogens with zero attached hydrogens (tertiary/aromatic N) is 3. The minimum absolute atomic E-state index is 0.0501. The van der Waals surface area contributed by atoms with Crippen LogP contribution in [-0.2, 0) is 28.8 Å². The fourth-order valence-corrected chi connectivity index (χ4v) is 3.60. The van der Waals surface area contributed by atoms with Crippen molar-refractivity contribution in [3.05, 3.63) is 84.6 Å². The zero-order valence-electron chi connectivity index (χ0n) is 22.0. The number of hydrazone groups is 1. The number of carbonyl (C=O) groups is 3. The number of hydrogen-bond donors (Lipinski definition) is 2. The van der Waals surface area contributed by atoms with Gasteiger partial charge < -0.3 is 15.4 Å². The minimum atomic E-state index is -5.37. The molecule has 220 valence electrons. The number of nitrogens with one attached hydrogen (secondary N) is 2. The highest BCUT2D eigenvalue weighted by molar-refractivity contribution is 5.89. The number of ether oxygens (including phenoxy) is 1. The molecular weight excluding hydrogens is 559 g/mol. The molecule has 0 aliphatic heterocycles. The van der Waals surface area contributed by atoms with Crippen molar-refractivity contribution >= 4 is 29.7 Å². The lowest BCUT2D eigenvalue weighted by Crippen LogP contribution is -2.38. The Morgan fingerprint density at radius 1 is 0.976 bits per heavy atom. The Labute approximate surface area is 238 Å². The molecule has 1 amide bonds. The molecule has 1 atom stereocenters. The Morgan fingerprint density at radius 3 is 2.31 bits per heavy atom. The van der Waals surface area contributed by atoms with E-state index < -0.39 is 43.0 Å². The van der Waals surface area contributed by atoms with Crippen molar-refractivity contribution in [3.8, 4) is 11.1 Å². The van der Waals surface area contributed by atoms with E-state index in [2.05, 4.69) is 25.5 Å². The average Bonchev–Trinajstić information content (AvgIpc) is 2.97. The summed E-state index contributed by atoms with van der Waals surface area (Å²) in [4.78, 5) is 56.4. The molecule has 0 aliphatic rings. The van der Waals surface area contributed by atoms with Gasteiger partial charge in [0.1, 0.15) is 12.4 Å². The van der Waals surface area contributed by atoms with Gasteiger partial charge in [-0.2, -0.15) is 18.3 Å². The molecule has 0 radical (unpaired) electrons. The summed E-state index contributed by atoms with van der Waals surface area (Å²) < 4.78 is 41.6. The number of hydroxylamine groups is 1. The first kappa shape index (κ1) is 31.5. The summed E-state index contributed by atoms with van der Waals surface area (Å²) in [7, 11) is 0. The number of isocyanates is 1. The van der Waals surface area contributed by atoms with Crippen molar-refractivity contribution in [3.63, 3.8) is 0 Å². The van der Waals surface area contributed by atoms with E-state index >= 15 is 0 Å². The molecule has 0 saturated carbocycles. The molecule has 42 heavy (non-hydrogen) atoms. The van der Waals surface area contributed by atoms with Gasteiger partial charge in [-0.25, -0.2) is 14.6 Å². The summed E-state index contributed by atoms with van der Waals surface area (Å²) in [5.74, 6) is -4.32. The first-order chi connectivity index (χ1) is 20.2. The Bertz CT molecular complexity index is 1370. The Hall–Kier alpha value is -5.07. The standard InChI is InChI=1S/C28H26F3N5O6/c29-28(30,31)27(40)42-26(39)17-23(22-12-10-21(11-13-22)20-7-2-1-3-8-20)35-25(38)18-36(34-19-37)41-16-6-15-33-24-9-4-5-14-32-24/h1-5,7-14,23H,6,15-18H2,(H,32,33)(H,35,38). The van der Waals surface area contributed by atoms with Gasteiger partial charge in [0.05, 0.1) is 19.1 Å². The summed E-state index contributed by atoms with van der Waals surface area (Å²) in [6.07, 6.45) is -2.84. The lowest BCUT2D eigenvalue weighted by atomic mass is 9.99. The maximum absolute atomic E-state index is 12.8. The molecule has 1 unspecified atom stereocenters. The number of esters is 2. The number of anilines is 1. The van der Waals surface area contributed by atoms with Gasteiger partial charge in [0, 0.05) is 12.7 Å². The summed E-state index contributed by atoms with van der Waals surface area (Å²) in [6.45, 7) is -0.103.